The number of nitrogens with zero attached hydrogens (tertiary/aromatic N) is 3. The fourth-order valence-electron chi connectivity index (χ4n) is 4.43. The zero-order chi connectivity index (χ0) is 21.0. The number of hydrogen-bond donors (Lipinski definition) is 2. The number of piperidine rings is 1. The number of aliphatic hydroxyl groups is 2. The summed E-state index contributed by atoms with van der Waals surface area (Å²) >= 11 is 0. The summed E-state index contributed by atoms with van der Waals surface area (Å²) in [6, 6.07) is 6.78. The predicted molar refractivity (Wildman–Crippen MR) is 110 cm³/mol. The van der Waals surface area contributed by atoms with Gasteiger partial charge in [-0.3, -0.25) is 4.90 Å². The molecule has 1 aromatic heterocycles. The fourth-order valence-corrected chi connectivity index (χ4v) is 4.43. The fraction of sp³-hybridized carbons (Fsp3) is 0.591. The molecule has 2 atom stereocenters. The van der Waals surface area contributed by atoms with Gasteiger partial charge < -0.3 is 14.9 Å². The Hall–Kier alpha value is -1.80. The first-order valence-corrected chi connectivity index (χ1v) is 10.2. The lowest BCUT2D eigenvalue weighted by Crippen LogP contribution is -2.53. The van der Waals surface area contributed by atoms with Crippen LogP contribution in [-0.2, 0) is 11.3 Å². The third-order valence-corrected chi connectivity index (χ3v) is 5.98. The van der Waals surface area contributed by atoms with Gasteiger partial charge in [-0.15, -0.1) is 0 Å². The molecule has 0 amide bonds. The van der Waals surface area contributed by atoms with Crippen LogP contribution in [0.15, 0.2) is 24.3 Å². The van der Waals surface area contributed by atoms with Crippen LogP contribution < -0.4 is 0 Å². The van der Waals surface area contributed by atoms with Gasteiger partial charge >= 0.3 is 0 Å². The quantitative estimate of drug-likeness (QED) is 0.661. The van der Waals surface area contributed by atoms with Crippen LogP contribution in [0.2, 0.25) is 0 Å². The highest BCUT2D eigenvalue weighted by Gasteiger charge is 2.42. The van der Waals surface area contributed by atoms with E-state index in [9.17, 15) is 14.6 Å². The molecule has 3 rings (SSSR count). The highest BCUT2D eigenvalue weighted by Crippen LogP contribution is 2.35. The first kappa shape index (κ1) is 21.9. The van der Waals surface area contributed by atoms with E-state index >= 15 is 0 Å². The van der Waals surface area contributed by atoms with E-state index in [4.69, 9.17) is 4.74 Å². The second-order valence-electron chi connectivity index (χ2n) is 8.24. The first-order chi connectivity index (χ1) is 13.9. The van der Waals surface area contributed by atoms with Gasteiger partial charge in [0.25, 0.3) is 0 Å². The normalized spacial score (nSPS) is 22.9. The molecule has 1 aromatic carbocycles. The van der Waals surface area contributed by atoms with Crippen molar-refractivity contribution < 1.29 is 19.3 Å². The number of halogens is 1. The van der Waals surface area contributed by atoms with Crippen molar-refractivity contribution in [1.82, 2.24) is 14.7 Å². The highest BCUT2D eigenvalue weighted by atomic mass is 19.1. The third-order valence-electron chi connectivity index (χ3n) is 5.98. The Morgan fingerprint density at radius 1 is 1.31 bits per heavy atom. The molecule has 0 spiro atoms. The van der Waals surface area contributed by atoms with Gasteiger partial charge in [-0.2, -0.15) is 5.10 Å². The summed E-state index contributed by atoms with van der Waals surface area (Å²) in [5.41, 5.74) is 3.03. The number of hydrogen-bond acceptors (Lipinski definition) is 5. The predicted octanol–water partition coefficient (Wildman–Crippen LogP) is 2.60. The largest absolute Gasteiger partial charge is 0.396 e. The Kier molecular flexibility index (Phi) is 7.05. The molecule has 160 valence electrons. The minimum absolute atomic E-state index is 0.0815. The molecular formula is C22H32FN3O3. The number of ether oxygens (including phenoxy) is 1. The summed E-state index contributed by atoms with van der Waals surface area (Å²) in [4.78, 5) is 2.19. The van der Waals surface area contributed by atoms with Gasteiger partial charge in [-0.05, 0) is 62.9 Å². The van der Waals surface area contributed by atoms with Crippen LogP contribution in [0.5, 0.6) is 0 Å². The molecule has 6 nitrogen and oxygen atoms in total. The van der Waals surface area contributed by atoms with E-state index in [1.165, 1.54) is 6.07 Å². The molecule has 2 aromatic rings. The smallest absolute Gasteiger partial charge is 0.123 e. The van der Waals surface area contributed by atoms with Crippen molar-refractivity contribution in [2.75, 3.05) is 33.4 Å². The molecular weight excluding hydrogens is 373 g/mol. The lowest BCUT2D eigenvalue weighted by Gasteiger charge is -2.45. The maximum Gasteiger partial charge on any atom is 0.123 e. The van der Waals surface area contributed by atoms with Crippen LogP contribution in [-0.4, -0.2) is 64.4 Å². The molecule has 0 aliphatic carbocycles. The average Bonchev–Trinajstić information content (AvgIpc) is 3.02. The minimum atomic E-state index is -0.581. The van der Waals surface area contributed by atoms with Crippen molar-refractivity contribution >= 4 is 0 Å². The molecule has 1 saturated heterocycles. The summed E-state index contributed by atoms with van der Waals surface area (Å²) in [5, 5.41) is 25.3. The van der Waals surface area contributed by atoms with Gasteiger partial charge in [0.1, 0.15) is 5.82 Å². The Morgan fingerprint density at radius 2 is 2.10 bits per heavy atom. The third kappa shape index (κ3) is 4.86. The van der Waals surface area contributed by atoms with E-state index in [1.54, 1.807) is 19.2 Å². The van der Waals surface area contributed by atoms with Crippen molar-refractivity contribution in [1.29, 1.82) is 0 Å². The number of likely N-dealkylation sites (tertiary alicyclic amines) is 1. The highest BCUT2D eigenvalue weighted by molar-refractivity contribution is 5.42. The summed E-state index contributed by atoms with van der Waals surface area (Å²) < 4.78 is 21.1. The van der Waals surface area contributed by atoms with Crippen LogP contribution in [0.4, 0.5) is 4.39 Å². The molecule has 0 saturated carbocycles. The average molecular weight is 406 g/mol. The second kappa shape index (κ2) is 9.34. The molecule has 2 heterocycles. The Labute approximate surface area is 171 Å². The minimum Gasteiger partial charge on any atom is -0.396 e. The van der Waals surface area contributed by atoms with Gasteiger partial charge in [-0.25, -0.2) is 9.07 Å². The molecule has 29 heavy (non-hydrogen) atoms. The summed E-state index contributed by atoms with van der Waals surface area (Å²) in [5.74, 6) is -0.282. The Morgan fingerprint density at radius 3 is 2.76 bits per heavy atom. The molecule has 1 fully saturated rings. The molecule has 0 unspecified atom stereocenters. The molecule has 0 radical (unpaired) electrons. The molecule has 0 bridgehead atoms. The monoisotopic (exact) mass is 405 g/mol. The van der Waals surface area contributed by atoms with Crippen LogP contribution >= 0.6 is 0 Å². The Bertz CT molecular complexity index is 826. The van der Waals surface area contributed by atoms with E-state index in [1.807, 2.05) is 24.6 Å². The maximum atomic E-state index is 14.1. The van der Waals surface area contributed by atoms with Crippen LogP contribution in [0, 0.1) is 25.1 Å². The zero-order valence-corrected chi connectivity index (χ0v) is 17.6. The van der Waals surface area contributed by atoms with Crippen molar-refractivity contribution in [2.45, 2.75) is 45.8 Å². The standard InChI is InChI=1S/C22H32FN3O3/c1-16-11-17(2)26(24-16)20-6-5-19(23)12-18(20)13-25-9-7-21(28)22(14-25,15-27)8-4-10-29-3/h5-6,11-12,21,27-28H,4,7-10,13-15H2,1-3H3/t21-,22+/m1/s1. The van der Waals surface area contributed by atoms with Gasteiger partial charge in [0.2, 0.25) is 0 Å². The van der Waals surface area contributed by atoms with Crippen LogP contribution in [0.25, 0.3) is 5.69 Å². The van der Waals surface area contributed by atoms with Crippen molar-refractivity contribution in [2.24, 2.45) is 5.41 Å². The van der Waals surface area contributed by atoms with E-state index < -0.39 is 11.5 Å². The number of aliphatic hydroxyl groups excluding tert-OH is 2. The van der Waals surface area contributed by atoms with Crippen LogP contribution in [0.1, 0.15) is 36.2 Å². The van der Waals surface area contributed by atoms with E-state index in [-0.39, 0.29) is 12.4 Å². The summed E-state index contributed by atoms with van der Waals surface area (Å²) in [6.45, 7) is 6.22. The first-order valence-electron chi connectivity index (χ1n) is 10.2. The van der Waals surface area contributed by atoms with Gasteiger partial charge in [0.15, 0.2) is 0 Å². The van der Waals surface area contributed by atoms with E-state index in [2.05, 4.69) is 10.00 Å². The van der Waals surface area contributed by atoms with Crippen LogP contribution in [0.3, 0.4) is 0 Å². The maximum absolute atomic E-state index is 14.1. The number of methoxy groups -OCH3 is 1. The number of aryl methyl sites for hydroxylation is 2. The van der Waals surface area contributed by atoms with Crippen molar-refractivity contribution in [3.8, 4) is 5.69 Å². The van der Waals surface area contributed by atoms with Crippen molar-refractivity contribution in [3.05, 3.63) is 47.0 Å². The van der Waals surface area contributed by atoms with E-state index in [0.29, 0.717) is 39.1 Å². The van der Waals surface area contributed by atoms with Gasteiger partial charge in [0.05, 0.1) is 24.1 Å². The van der Waals surface area contributed by atoms with E-state index in [0.717, 1.165) is 29.1 Å². The number of rotatable bonds is 8. The lowest BCUT2D eigenvalue weighted by molar-refractivity contribution is -0.0843. The molecule has 1 aliphatic heterocycles. The molecule has 7 heteroatoms. The number of benzene rings is 1. The lowest BCUT2D eigenvalue weighted by atomic mass is 9.74. The van der Waals surface area contributed by atoms with Gasteiger partial charge in [-0.1, -0.05) is 0 Å². The molecule has 1 aliphatic rings. The van der Waals surface area contributed by atoms with Crippen molar-refractivity contribution in [3.63, 3.8) is 0 Å². The summed E-state index contributed by atoms with van der Waals surface area (Å²) in [6.07, 6.45) is 1.49. The van der Waals surface area contributed by atoms with Gasteiger partial charge in [0, 0.05) is 44.5 Å². The molecule has 2 N–H and O–H groups in total. The summed E-state index contributed by atoms with van der Waals surface area (Å²) in [7, 11) is 1.65. The second-order valence-corrected chi connectivity index (χ2v) is 8.24. The topological polar surface area (TPSA) is 70.8 Å². The zero-order valence-electron chi connectivity index (χ0n) is 17.6. The number of aromatic nitrogens is 2. The SMILES string of the molecule is COCCC[C@@]1(CO)CN(Cc2cc(F)ccc2-n2nc(C)cc2C)CC[C@H]1O. The Balaban J connectivity index is 1.84.